The molecule has 0 saturated carbocycles. The minimum absolute atomic E-state index is 0.0690. The number of rotatable bonds is 6. The van der Waals surface area contributed by atoms with Gasteiger partial charge in [0.05, 0.1) is 12.5 Å². The molecule has 108 valence electrons. The molecule has 1 unspecified atom stereocenters. The van der Waals surface area contributed by atoms with Gasteiger partial charge in [-0.25, -0.2) is 9.18 Å². The van der Waals surface area contributed by atoms with E-state index in [1.807, 2.05) is 0 Å². The van der Waals surface area contributed by atoms with Gasteiger partial charge in [-0.2, -0.15) is 4.98 Å². The Morgan fingerprint density at radius 2 is 2.37 bits per heavy atom. The van der Waals surface area contributed by atoms with Gasteiger partial charge in [0.1, 0.15) is 17.5 Å². The minimum atomic E-state index is -2.19. The van der Waals surface area contributed by atoms with Crippen LogP contribution in [0.15, 0.2) is 17.1 Å². The minimum Gasteiger partial charge on any atom is -0.393 e. The molecule has 1 rings (SSSR count). The number of aliphatic hydroxyl groups is 2. The number of methoxy groups -OCH3 is 1. The molecule has 0 spiro atoms. The molecule has 1 aromatic heterocycles. The van der Waals surface area contributed by atoms with E-state index in [-0.39, 0.29) is 11.7 Å². The molecule has 3 atom stereocenters. The van der Waals surface area contributed by atoms with Crippen LogP contribution in [0.25, 0.3) is 0 Å². The van der Waals surface area contributed by atoms with Gasteiger partial charge in [0, 0.05) is 13.3 Å². The summed E-state index contributed by atoms with van der Waals surface area (Å²) >= 11 is 5.58. The molecule has 0 saturated heterocycles. The number of alkyl halides is 2. The van der Waals surface area contributed by atoms with E-state index in [1.54, 1.807) is 0 Å². The molecule has 1 aromatic rings. The molecule has 4 N–H and O–H groups in total. The van der Waals surface area contributed by atoms with Crippen molar-refractivity contribution in [1.29, 1.82) is 0 Å². The summed E-state index contributed by atoms with van der Waals surface area (Å²) in [6.45, 7) is -0.717. The molecule has 19 heavy (non-hydrogen) atoms. The van der Waals surface area contributed by atoms with Gasteiger partial charge in [0.15, 0.2) is 0 Å². The summed E-state index contributed by atoms with van der Waals surface area (Å²) in [5.74, 6) is -0.431. The molecular formula is C10H15ClFN3O4. The smallest absolute Gasteiger partial charge is 0.351 e. The molecule has 0 bridgehead atoms. The van der Waals surface area contributed by atoms with Gasteiger partial charge in [0.25, 0.3) is 0 Å². The predicted octanol–water partition coefficient (Wildman–Crippen LogP) is -0.729. The van der Waals surface area contributed by atoms with Crippen LogP contribution >= 0.6 is 11.6 Å². The van der Waals surface area contributed by atoms with Gasteiger partial charge in [0.2, 0.25) is 6.30 Å². The molecule has 0 amide bonds. The zero-order valence-electron chi connectivity index (χ0n) is 10.2. The monoisotopic (exact) mass is 295 g/mol. The number of nitrogen functional groups attached to an aromatic ring is 1. The second kappa shape index (κ2) is 6.29. The molecule has 0 aliphatic rings. The van der Waals surface area contributed by atoms with Crippen LogP contribution in [-0.4, -0.2) is 51.1 Å². The molecule has 1 heterocycles. The topological polar surface area (TPSA) is 111 Å². The highest BCUT2D eigenvalue weighted by molar-refractivity contribution is 6.18. The van der Waals surface area contributed by atoms with Crippen molar-refractivity contribution in [3.63, 3.8) is 0 Å². The van der Waals surface area contributed by atoms with E-state index >= 15 is 0 Å². The zero-order chi connectivity index (χ0) is 14.6. The number of halogens is 2. The van der Waals surface area contributed by atoms with Crippen molar-refractivity contribution in [2.24, 2.45) is 0 Å². The van der Waals surface area contributed by atoms with Crippen molar-refractivity contribution in [1.82, 2.24) is 9.55 Å². The van der Waals surface area contributed by atoms with E-state index in [2.05, 4.69) is 4.98 Å². The number of nitrogens with zero attached hydrogens (tertiary/aromatic N) is 2. The van der Waals surface area contributed by atoms with Crippen molar-refractivity contribution >= 4 is 17.4 Å². The number of hydrogen-bond donors (Lipinski definition) is 3. The van der Waals surface area contributed by atoms with Crippen molar-refractivity contribution in [3.8, 4) is 0 Å². The fourth-order valence-electron chi connectivity index (χ4n) is 1.47. The SMILES string of the molecule is CO[C@@](CO)(CCl)C(O)[C@@H](F)n1ccc(N)nc1=O. The standard InChI is InChI=1S/C10H15ClFN3O4/c1-19-10(4-11,5-16)7(17)8(12)15-3-2-6(13)14-9(15)18/h2-3,7-8,16-17H,4-5H2,1H3,(H2,13,14,18)/t7?,8-,10+/m0/s1. The van der Waals surface area contributed by atoms with E-state index in [4.69, 9.17) is 22.1 Å². The van der Waals surface area contributed by atoms with Crippen molar-refractivity contribution in [2.75, 3.05) is 25.3 Å². The Bertz CT molecular complexity index is 472. The summed E-state index contributed by atoms with van der Waals surface area (Å²) < 4.78 is 19.6. The van der Waals surface area contributed by atoms with Crippen LogP contribution in [0.5, 0.6) is 0 Å². The predicted molar refractivity (Wildman–Crippen MR) is 66.6 cm³/mol. The Hall–Kier alpha value is -1.22. The first-order chi connectivity index (χ1) is 8.91. The lowest BCUT2D eigenvalue weighted by Gasteiger charge is -2.34. The van der Waals surface area contributed by atoms with E-state index in [0.717, 1.165) is 6.20 Å². The Kier molecular flexibility index (Phi) is 5.24. The van der Waals surface area contributed by atoms with Crippen LogP contribution < -0.4 is 11.4 Å². The number of anilines is 1. The second-order valence-corrected chi connectivity index (χ2v) is 4.19. The summed E-state index contributed by atoms with van der Waals surface area (Å²) in [4.78, 5) is 14.8. The molecule has 0 aliphatic carbocycles. The first kappa shape index (κ1) is 15.8. The van der Waals surface area contributed by atoms with Gasteiger partial charge in [-0.1, -0.05) is 0 Å². The average molecular weight is 296 g/mol. The number of nitrogens with two attached hydrogens (primary N) is 1. The van der Waals surface area contributed by atoms with Crippen LogP contribution in [0, 0.1) is 0 Å². The van der Waals surface area contributed by atoms with Gasteiger partial charge in [-0.15, -0.1) is 11.6 Å². The third-order valence-electron chi connectivity index (χ3n) is 2.82. The first-order valence-electron chi connectivity index (χ1n) is 5.30. The average Bonchev–Trinajstić information content (AvgIpc) is 2.40. The maximum Gasteiger partial charge on any atom is 0.351 e. The van der Waals surface area contributed by atoms with E-state index in [0.29, 0.717) is 4.57 Å². The number of aliphatic hydroxyl groups excluding tert-OH is 2. The molecule has 0 aromatic carbocycles. The lowest BCUT2D eigenvalue weighted by molar-refractivity contribution is -0.151. The Morgan fingerprint density at radius 1 is 1.74 bits per heavy atom. The van der Waals surface area contributed by atoms with Gasteiger partial charge >= 0.3 is 5.69 Å². The summed E-state index contributed by atoms with van der Waals surface area (Å²) in [6.07, 6.45) is -3.00. The summed E-state index contributed by atoms with van der Waals surface area (Å²) in [5, 5.41) is 19.1. The molecule has 0 radical (unpaired) electrons. The quantitative estimate of drug-likeness (QED) is 0.597. The highest BCUT2D eigenvalue weighted by Gasteiger charge is 2.43. The normalized spacial score (nSPS) is 17.7. The van der Waals surface area contributed by atoms with Crippen molar-refractivity contribution in [3.05, 3.63) is 22.7 Å². The van der Waals surface area contributed by atoms with Crippen LogP contribution in [-0.2, 0) is 4.74 Å². The van der Waals surface area contributed by atoms with Crippen LogP contribution in [0.1, 0.15) is 6.30 Å². The second-order valence-electron chi connectivity index (χ2n) is 3.92. The van der Waals surface area contributed by atoms with Gasteiger partial charge in [-0.05, 0) is 6.07 Å². The number of aromatic nitrogens is 2. The molecule has 0 fully saturated rings. The fourth-order valence-corrected chi connectivity index (χ4v) is 1.82. The Morgan fingerprint density at radius 3 is 2.79 bits per heavy atom. The lowest BCUT2D eigenvalue weighted by Crippen LogP contribution is -2.53. The lowest BCUT2D eigenvalue weighted by atomic mass is 9.98. The zero-order valence-corrected chi connectivity index (χ0v) is 10.9. The summed E-state index contributed by atoms with van der Waals surface area (Å²) in [5.41, 5.74) is 2.58. The van der Waals surface area contributed by atoms with Gasteiger partial charge in [-0.3, -0.25) is 4.57 Å². The largest absolute Gasteiger partial charge is 0.393 e. The fraction of sp³-hybridized carbons (Fsp3) is 0.600. The van der Waals surface area contributed by atoms with E-state index in [1.165, 1.54) is 13.2 Å². The van der Waals surface area contributed by atoms with Crippen LogP contribution in [0.4, 0.5) is 10.2 Å². The van der Waals surface area contributed by atoms with E-state index < -0.39 is 30.3 Å². The highest BCUT2D eigenvalue weighted by atomic mass is 35.5. The molecule has 7 nitrogen and oxygen atoms in total. The van der Waals surface area contributed by atoms with Crippen molar-refractivity contribution < 1.29 is 19.3 Å². The molecular weight excluding hydrogens is 281 g/mol. The van der Waals surface area contributed by atoms with Crippen molar-refractivity contribution in [2.45, 2.75) is 18.0 Å². The molecule has 0 aliphatic heterocycles. The highest BCUT2D eigenvalue weighted by Crippen LogP contribution is 2.26. The third kappa shape index (κ3) is 3.03. The maximum absolute atomic E-state index is 14.2. The summed E-state index contributed by atoms with van der Waals surface area (Å²) in [6, 6.07) is 1.20. The van der Waals surface area contributed by atoms with Gasteiger partial charge < -0.3 is 20.7 Å². The number of ether oxygens (including phenoxy) is 1. The van der Waals surface area contributed by atoms with Crippen LogP contribution in [0.2, 0.25) is 0 Å². The Labute approximate surface area is 113 Å². The first-order valence-corrected chi connectivity index (χ1v) is 5.84. The van der Waals surface area contributed by atoms with Crippen LogP contribution in [0.3, 0.4) is 0 Å². The summed E-state index contributed by atoms with van der Waals surface area (Å²) in [7, 11) is 1.17. The molecule has 9 heteroatoms. The van der Waals surface area contributed by atoms with E-state index in [9.17, 15) is 19.4 Å². The Balaban J connectivity index is 3.11. The third-order valence-corrected chi connectivity index (χ3v) is 3.27. The number of hydrogen-bond acceptors (Lipinski definition) is 6. The maximum atomic E-state index is 14.2.